The first-order valence-electron chi connectivity index (χ1n) is 6.58. The van der Waals surface area contributed by atoms with Gasteiger partial charge in [-0.1, -0.05) is 28.1 Å². The lowest BCUT2D eigenvalue weighted by molar-refractivity contribution is -0.128. The van der Waals surface area contributed by atoms with Crippen LogP contribution in [0.4, 0.5) is 0 Å². The van der Waals surface area contributed by atoms with Crippen LogP contribution in [0.5, 0.6) is 5.75 Å². The third kappa shape index (κ3) is 3.97. The van der Waals surface area contributed by atoms with Crippen molar-refractivity contribution in [3.8, 4) is 5.75 Å². The van der Waals surface area contributed by atoms with E-state index in [2.05, 4.69) is 28.1 Å². The quantitative estimate of drug-likeness (QED) is 0.776. The van der Waals surface area contributed by atoms with Crippen molar-refractivity contribution in [1.82, 2.24) is 4.90 Å². The van der Waals surface area contributed by atoms with Crippen LogP contribution in [0.1, 0.15) is 12.8 Å². The van der Waals surface area contributed by atoms with Crippen LogP contribution in [0.25, 0.3) is 10.8 Å². The number of hydrogen-bond acceptors (Lipinski definition) is 2. The Bertz CT molecular complexity index is 610. The summed E-state index contributed by atoms with van der Waals surface area (Å²) < 4.78 is 6.76. The van der Waals surface area contributed by atoms with Crippen LogP contribution in [-0.2, 0) is 4.79 Å². The summed E-state index contributed by atoms with van der Waals surface area (Å²) in [6, 6.07) is 12.2. The topological polar surface area (TPSA) is 29.5 Å². The molecule has 2 aromatic rings. The van der Waals surface area contributed by atoms with Gasteiger partial charge in [0, 0.05) is 25.0 Å². The molecule has 3 nitrogen and oxygen atoms in total. The first kappa shape index (κ1) is 14.9. The van der Waals surface area contributed by atoms with Gasteiger partial charge in [-0.15, -0.1) is 0 Å². The zero-order valence-corrected chi connectivity index (χ0v) is 13.3. The molecule has 0 radical (unpaired) electrons. The number of benzene rings is 2. The van der Waals surface area contributed by atoms with Crippen LogP contribution in [0.15, 0.2) is 40.9 Å². The lowest BCUT2D eigenvalue weighted by atomic mass is 10.1. The summed E-state index contributed by atoms with van der Waals surface area (Å²) in [5.74, 6) is 0.981. The van der Waals surface area contributed by atoms with Gasteiger partial charge >= 0.3 is 0 Å². The fourth-order valence-electron chi connectivity index (χ4n) is 1.92. The first-order chi connectivity index (χ1) is 9.56. The van der Waals surface area contributed by atoms with Gasteiger partial charge in [0.1, 0.15) is 5.75 Å². The molecule has 4 heteroatoms. The predicted molar refractivity (Wildman–Crippen MR) is 85.1 cm³/mol. The molecule has 1 amide bonds. The molecule has 0 spiro atoms. The first-order valence-corrected chi connectivity index (χ1v) is 7.38. The number of hydrogen-bond donors (Lipinski definition) is 0. The van der Waals surface area contributed by atoms with Crippen molar-refractivity contribution in [2.24, 2.45) is 0 Å². The summed E-state index contributed by atoms with van der Waals surface area (Å²) >= 11 is 3.46. The van der Waals surface area contributed by atoms with Crippen molar-refractivity contribution in [2.45, 2.75) is 12.8 Å². The average Bonchev–Trinajstić information content (AvgIpc) is 2.43. The van der Waals surface area contributed by atoms with E-state index in [-0.39, 0.29) is 5.91 Å². The Hall–Kier alpha value is -1.55. The highest BCUT2D eigenvalue weighted by Crippen LogP contribution is 2.24. The van der Waals surface area contributed by atoms with Gasteiger partial charge in [0.25, 0.3) is 0 Å². The SMILES string of the molecule is CN(C)C(=O)CCCOc1ccc2cc(Br)ccc2c1. The molecule has 0 saturated heterocycles. The van der Waals surface area contributed by atoms with E-state index in [0.717, 1.165) is 22.0 Å². The van der Waals surface area contributed by atoms with Crippen molar-refractivity contribution in [3.63, 3.8) is 0 Å². The molecule has 0 saturated carbocycles. The van der Waals surface area contributed by atoms with Gasteiger partial charge in [0.05, 0.1) is 6.61 Å². The average molecular weight is 336 g/mol. The summed E-state index contributed by atoms with van der Waals surface area (Å²) in [7, 11) is 3.54. The molecule has 0 unspecified atom stereocenters. The van der Waals surface area contributed by atoms with E-state index in [1.165, 1.54) is 5.39 Å². The van der Waals surface area contributed by atoms with Crippen LogP contribution in [0, 0.1) is 0 Å². The van der Waals surface area contributed by atoms with E-state index in [9.17, 15) is 4.79 Å². The number of nitrogens with zero attached hydrogens (tertiary/aromatic N) is 1. The van der Waals surface area contributed by atoms with Gasteiger partial charge in [-0.2, -0.15) is 0 Å². The molecule has 106 valence electrons. The van der Waals surface area contributed by atoms with E-state index in [1.54, 1.807) is 19.0 Å². The van der Waals surface area contributed by atoms with Gasteiger partial charge in [-0.3, -0.25) is 4.79 Å². The number of fused-ring (bicyclic) bond motifs is 1. The Morgan fingerprint density at radius 2 is 1.85 bits per heavy atom. The second kappa shape index (κ2) is 6.75. The zero-order valence-electron chi connectivity index (χ0n) is 11.7. The number of carbonyl (C=O) groups excluding carboxylic acids is 1. The Labute approximate surface area is 127 Å². The highest BCUT2D eigenvalue weighted by atomic mass is 79.9. The highest BCUT2D eigenvalue weighted by molar-refractivity contribution is 9.10. The molecule has 0 aromatic heterocycles. The molecule has 2 rings (SSSR count). The molecule has 0 aliphatic rings. The number of carbonyl (C=O) groups is 1. The minimum absolute atomic E-state index is 0.136. The Kier molecular flexibility index (Phi) is 5.01. The molecular weight excluding hydrogens is 318 g/mol. The van der Waals surface area contributed by atoms with Crippen LogP contribution < -0.4 is 4.74 Å². The smallest absolute Gasteiger partial charge is 0.222 e. The van der Waals surface area contributed by atoms with E-state index < -0.39 is 0 Å². The standard InChI is InChI=1S/C16H18BrNO2/c1-18(2)16(19)4-3-9-20-15-8-6-12-10-14(17)7-5-13(12)11-15/h5-8,10-11H,3-4,9H2,1-2H3. The fourth-order valence-corrected chi connectivity index (χ4v) is 2.30. The number of amides is 1. The van der Waals surface area contributed by atoms with Gasteiger partial charge in [-0.05, 0) is 41.5 Å². The maximum Gasteiger partial charge on any atom is 0.222 e. The van der Waals surface area contributed by atoms with Crippen molar-refractivity contribution < 1.29 is 9.53 Å². The lowest BCUT2D eigenvalue weighted by Gasteiger charge is -2.10. The predicted octanol–water partition coefficient (Wildman–Crippen LogP) is 3.85. The maximum absolute atomic E-state index is 11.4. The number of rotatable bonds is 5. The lowest BCUT2D eigenvalue weighted by Crippen LogP contribution is -2.21. The molecule has 0 aliphatic carbocycles. The van der Waals surface area contributed by atoms with Gasteiger partial charge in [0.2, 0.25) is 5.91 Å². The third-order valence-electron chi connectivity index (χ3n) is 3.08. The van der Waals surface area contributed by atoms with E-state index >= 15 is 0 Å². The van der Waals surface area contributed by atoms with Crippen LogP contribution >= 0.6 is 15.9 Å². The van der Waals surface area contributed by atoms with Crippen LogP contribution in [0.2, 0.25) is 0 Å². The fraction of sp³-hybridized carbons (Fsp3) is 0.312. The Balaban J connectivity index is 1.90. The summed E-state index contributed by atoms with van der Waals surface area (Å²) in [5.41, 5.74) is 0. The second-order valence-corrected chi connectivity index (χ2v) is 5.81. The van der Waals surface area contributed by atoms with Crippen molar-refractivity contribution in [3.05, 3.63) is 40.9 Å². The minimum atomic E-state index is 0.136. The van der Waals surface area contributed by atoms with E-state index in [0.29, 0.717) is 13.0 Å². The van der Waals surface area contributed by atoms with E-state index in [1.807, 2.05) is 24.3 Å². The van der Waals surface area contributed by atoms with Crippen molar-refractivity contribution in [1.29, 1.82) is 0 Å². The van der Waals surface area contributed by atoms with E-state index in [4.69, 9.17) is 4.74 Å². The Morgan fingerprint density at radius 1 is 1.15 bits per heavy atom. The van der Waals surface area contributed by atoms with Crippen molar-refractivity contribution in [2.75, 3.05) is 20.7 Å². The highest BCUT2D eigenvalue weighted by Gasteiger charge is 2.03. The summed E-state index contributed by atoms with van der Waals surface area (Å²) in [5, 5.41) is 2.32. The number of halogens is 1. The summed E-state index contributed by atoms with van der Waals surface area (Å²) in [4.78, 5) is 13.0. The van der Waals surface area contributed by atoms with Gasteiger partial charge < -0.3 is 9.64 Å². The molecule has 0 fully saturated rings. The van der Waals surface area contributed by atoms with Crippen LogP contribution in [0.3, 0.4) is 0 Å². The van der Waals surface area contributed by atoms with Crippen molar-refractivity contribution >= 4 is 32.6 Å². The molecule has 20 heavy (non-hydrogen) atoms. The minimum Gasteiger partial charge on any atom is -0.494 e. The molecule has 2 aromatic carbocycles. The zero-order chi connectivity index (χ0) is 14.5. The molecule has 0 heterocycles. The third-order valence-corrected chi connectivity index (χ3v) is 3.57. The summed E-state index contributed by atoms with van der Waals surface area (Å²) in [6.45, 7) is 0.557. The van der Waals surface area contributed by atoms with Gasteiger partial charge in [0.15, 0.2) is 0 Å². The second-order valence-electron chi connectivity index (χ2n) is 4.89. The molecule has 0 aliphatic heterocycles. The summed E-state index contributed by atoms with van der Waals surface area (Å²) in [6.07, 6.45) is 1.25. The normalized spacial score (nSPS) is 10.6. The molecule has 0 N–H and O–H groups in total. The molecule has 0 bridgehead atoms. The molecule has 0 atom stereocenters. The van der Waals surface area contributed by atoms with Gasteiger partial charge in [-0.25, -0.2) is 0 Å². The number of ether oxygens (including phenoxy) is 1. The Morgan fingerprint density at radius 3 is 2.60 bits per heavy atom. The van der Waals surface area contributed by atoms with Crippen LogP contribution in [-0.4, -0.2) is 31.5 Å². The largest absolute Gasteiger partial charge is 0.494 e. The molecular formula is C16H18BrNO2. The maximum atomic E-state index is 11.4. The monoisotopic (exact) mass is 335 g/mol.